The Balaban J connectivity index is 0.000000411. The molecule has 6 heteroatoms. The summed E-state index contributed by atoms with van der Waals surface area (Å²) in [5, 5.41) is 5.20. The second-order valence-electron chi connectivity index (χ2n) is 3.28. The molecule has 4 N–H and O–H groups in total. The fraction of sp³-hybridized carbons (Fsp3) is 0.333. The van der Waals surface area contributed by atoms with Gasteiger partial charge in [0.05, 0.1) is 12.1 Å². The zero-order valence-corrected chi connectivity index (χ0v) is 11.6. The molecule has 0 radical (unpaired) electrons. The van der Waals surface area contributed by atoms with E-state index in [-0.39, 0.29) is 18.4 Å². The fourth-order valence-corrected chi connectivity index (χ4v) is 1.74. The first-order valence-corrected chi connectivity index (χ1v) is 6.57. The minimum absolute atomic E-state index is 0.0278. The number of likely N-dealkylation sites (N-methyl/N-ethyl adjacent to an activating group) is 1. The second-order valence-corrected chi connectivity index (χ2v) is 4.12. The second kappa shape index (κ2) is 9.49. The molecule has 1 aromatic rings. The topological polar surface area (TPSA) is 84.2 Å². The number of carbonyl (C=O) groups excluding carboxylic acids is 2. The highest BCUT2D eigenvalue weighted by atomic mass is 32.2. The zero-order valence-electron chi connectivity index (χ0n) is 10.8. The molecule has 18 heavy (non-hydrogen) atoms. The number of carbonyl (C=O) groups is 2. The molecule has 0 heterocycles. The summed E-state index contributed by atoms with van der Waals surface area (Å²) in [6.45, 7) is 0.264. The van der Waals surface area contributed by atoms with Crippen molar-refractivity contribution in [1.82, 2.24) is 10.6 Å². The number of benzene rings is 1. The molecule has 0 aliphatic carbocycles. The van der Waals surface area contributed by atoms with E-state index in [1.165, 1.54) is 0 Å². The Hall–Kier alpha value is -1.53. The Bertz CT molecular complexity index is 397. The third-order valence-corrected chi connectivity index (χ3v) is 2.73. The van der Waals surface area contributed by atoms with Crippen molar-refractivity contribution in [2.24, 2.45) is 5.73 Å². The van der Waals surface area contributed by atoms with Crippen LogP contribution in [0.3, 0.4) is 0 Å². The van der Waals surface area contributed by atoms with Crippen molar-refractivity contribution in [2.45, 2.75) is 4.90 Å². The van der Waals surface area contributed by atoms with Crippen molar-refractivity contribution in [1.29, 1.82) is 0 Å². The monoisotopic (exact) mass is 269 g/mol. The Morgan fingerprint density at radius 1 is 1.28 bits per heavy atom. The molecule has 0 aliphatic rings. The quantitative estimate of drug-likeness (QED) is 0.693. The van der Waals surface area contributed by atoms with Gasteiger partial charge in [0.1, 0.15) is 0 Å². The van der Waals surface area contributed by atoms with Crippen LogP contribution in [0.4, 0.5) is 0 Å². The summed E-state index contributed by atoms with van der Waals surface area (Å²) in [6.07, 6.45) is 1.96. The lowest BCUT2D eigenvalue weighted by Crippen LogP contribution is -2.25. The van der Waals surface area contributed by atoms with Crippen LogP contribution in [0.5, 0.6) is 0 Å². The van der Waals surface area contributed by atoms with Gasteiger partial charge in [-0.25, -0.2) is 0 Å². The number of thioether (sulfide) groups is 1. The number of rotatable bonds is 4. The molecule has 0 aromatic heterocycles. The Labute approximate surface area is 112 Å². The molecule has 2 amide bonds. The molecule has 0 aliphatic heterocycles. The van der Waals surface area contributed by atoms with E-state index in [1.807, 2.05) is 30.5 Å². The maximum Gasteiger partial charge on any atom is 0.252 e. The molecular formula is C12H19N3O2S. The van der Waals surface area contributed by atoms with Gasteiger partial charge < -0.3 is 16.4 Å². The SMILES string of the molecule is CNC(=O)c1ccccc1SC.CNCC(N)=O. The van der Waals surface area contributed by atoms with Crippen molar-refractivity contribution in [3.05, 3.63) is 29.8 Å². The minimum Gasteiger partial charge on any atom is -0.369 e. The van der Waals surface area contributed by atoms with Crippen LogP contribution in [0.1, 0.15) is 10.4 Å². The fourth-order valence-electron chi connectivity index (χ4n) is 1.14. The van der Waals surface area contributed by atoms with Gasteiger partial charge in [-0.3, -0.25) is 9.59 Å². The maximum absolute atomic E-state index is 11.3. The molecule has 1 aromatic carbocycles. The van der Waals surface area contributed by atoms with E-state index in [4.69, 9.17) is 5.73 Å². The highest BCUT2D eigenvalue weighted by Gasteiger charge is 2.06. The first-order valence-electron chi connectivity index (χ1n) is 5.34. The van der Waals surface area contributed by atoms with Crippen LogP contribution in [0.15, 0.2) is 29.2 Å². The summed E-state index contributed by atoms with van der Waals surface area (Å²) >= 11 is 1.58. The molecule has 0 atom stereocenters. The molecule has 0 saturated carbocycles. The molecule has 100 valence electrons. The number of hydrogen-bond acceptors (Lipinski definition) is 4. The predicted octanol–water partition coefficient (Wildman–Crippen LogP) is 0.459. The first kappa shape index (κ1) is 16.5. The van der Waals surface area contributed by atoms with Gasteiger partial charge in [-0.1, -0.05) is 12.1 Å². The molecule has 1 rings (SSSR count). The van der Waals surface area contributed by atoms with Gasteiger partial charge in [0.15, 0.2) is 0 Å². The highest BCUT2D eigenvalue weighted by Crippen LogP contribution is 2.19. The smallest absolute Gasteiger partial charge is 0.252 e. The lowest BCUT2D eigenvalue weighted by atomic mass is 10.2. The molecule has 0 saturated heterocycles. The Morgan fingerprint density at radius 2 is 1.89 bits per heavy atom. The normalized spacial score (nSPS) is 9.06. The Kier molecular flexibility index (Phi) is 8.69. The van der Waals surface area contributed by atoms with E-state index in [9.17, 15) is 9.59 Å². The van der Waals surface area contributed by atoms with Crippen LogP contribution in [-0.4, -0.2) is 38.7 Å². The molecule has 0 spiro atoms. The van der Waals surface area contributed by atoms with E-state index >= 15 is 0 Å². The van der Waals surface area contributed by atoms with Gasteiger partial charge in [0.25, 0.3) is 5.91 Å². The van der Waals surface area contributed by atoms with Crippen LogP contribution in [0.2, 0.25) is 0 Å². The summed E-state index contributed by atoms with van der Waals surface area (Å²) < 4.78 is 0. The third kappa shape index (κ3) is 6.27. The summed E-state index contributed by atoms with van der Waals surface area (Å²) in [6, 6.07) is 7.56. The molecule has 0 bridgehead atoms. The van der Waals surface area contributed by atoms with Crippen LogP contribution in [0, 0.1) is 0 Å². The van der Waals surface area contributed by atoms with Crippen molar-refractivity contribution < 1.29 is 9.59 Å². The largest absolute Gasteiger partial charge is 0.369 e. The third-order valence-electron chi connectivity index (χ3n) is 1.93. The van der Waals surface area contributed by atoms with E-state index in [2.05, 4.69) is 10.6 Å². The standard InChI is InChI=1S/C9H11NOS.C3H8N2O/c1-10-9(11)7-5-3-4-6-8(7)12-2;1-5-2-3(4)6/h3-6H,1-2H3,(H,10,11);5H,2H2,1H3,(H2,4,6). The van der Waals surface area contributed by atoms with Crippen molar-refractivity contribution in [3.8, 4) is 0 Å². The maximum atomic E-state index is 11.3. The van der Waals surface area contributed by atoms with Crippen LogP contribution >= 0.6 is 11.8 Å². The molecular weight excluding hydrogens is 250 g/mol. The minimum atomic E-state index is -0.322. The number of hydrogen-bond donors (Lipinski definition) is 3. The summed E-state index contributed by atoms with van der Waals surface area (Å²) in [5.74, 6) is -0.350. The van der Waals surface area contributed by atoms with Gasteiger partial charge >= 0.3 is 0 Å². The molecule has 0 unspecified atom stereocenters. The highest BCUT2D eigenvalue weighted by molar-refractivity contribution is 7.98. The predicted molar refractivity (Wildman–Crippen MR) is 74.7 cm³/mol. The van der Waals surface area contributed by atoms with Gasteiger partial charge in [0.2, 0.25) is 5.91 Å². The Morgan fingerprint density at radius 3 is 2.28 bits per heavy atom. The average Bonchev–Trinajstić information content (AvgIpc) is 2.38. The van der Waals surface area contributed by atoms with Crippen molar-refractivity contribution >= 4 is 23.6 Å². The van der Waals surface area contributed by atoms with E-state index in [0.29, 0.717) is 0 Å². The number of amides is 2. The lowest BCUT2D eigenvalue weighted by Gasteiger charge is -2.04. The number of nitrogens with two attached hydrogens (primary N) is 1. The van der Waals surface area contributed by atoms with Crippen molar-refractivity contribution in [3.63, 3.8) is 0 Å². The van der Waals surface area contributed by atoms with Crippen molar-refractivity contribution in [2.75, 3.05) is 26.9 Å². The zero-order chi connectivity index (χ0) is 14.0. The summed E-state index contributed by atoms with van der Waals surface area (Å²) in [5.41, 5.74) is 5.44. The number of primary amides is 1. The van der Waals surface area contributed by atoms with E-state index in [0.717, 1.165) is 10.5 Å². The van der Waals surface area contributed by atoms with E-state index < -0.39 is 0 Å². The van der Waals surface area contributed by atoms with Gasteiger partial charge in [-0.15, -0.1) is 11.8 Å². The summed E-state index contributed by atoms with van der Waals surface area (Å²) in [4.78, 5) is 22.0. The number of nitrogens with one attached hydrogen (secondary N) is 2. The van der Waals surface area contributed by atoms with E-state index in [1.54, 1.807) is 25.9 Å². The lowest BCUT2D eigenvalue weighted by molar-refractivity contribution is -0.117. The van der Waals surface area contributed by atoms with Gasteiger partial charge in [-0.05, 0) is 25.4 Å². The average molecular weight is 269 g/mol. The molecule has 0 fully saturated rings. The molecule has 5 nitrogen and oxygen atoms in total. The van der Waals surface area contributed by atoms with Gasteiger partial charge in [-0.2, -0.15) is 0 Å². The first-order chi connectivity index (χ1) is 8.56. The summed E-state index contributed by atoms with van der Waals surface area (Å²) in [7, 11) is 3.31. The van der Waals surface area contributed by atoms with Crippen LogP contribution < -0.4 is 16.4 Å². The van der Waals surface area contributed by atoms with Crippen LogP contribution in [-0.2, 0) is 4.79 Å². The van der Waals surface area contributed by atoms with Crippen LogP contribution in [0.25, 0.3) is 0 Å². The van der Waals surface area contributed by atoms with Gasteiger partial charge in [0, 0.05) is 11.9 Å².